The van der Waals surface area contributed by atoms with Crippen molar-refractivity contribution in [3.63, 3.8) is 0 Å². The maximum Gasteiger partial charge on any atom is 0.350 e. The minimum atomic E-state index is -3.79. The zero-order valence-electron chi connectivity index (χ0n) is 16.8. The van der Waals surface area contributed by atoms with E-state index in [0.717, 1.165) is 30.6 Å². The van der Waals surface area contributed by atoms with Crippen molar-refractivity contribution < 1.29 is 22.7 Å². The van der Waals surface area contributed by atoms with Gasteiger partial charge in [-0.2, -0.15) is 21.3 Å². The van der Waals surface area contributed by atoms with Gasteiger partial charge in [-0.15, -0.1) is 11.3 Å². The van der Waals surface area contributed by atoms with Gasteiger partial charge in [-0.3, -0.25) is 4.79 Å². The zero-order valence-corrected chi connectivity index (χ0v) is 19.3. The van der Waals surface area contributed by atoms with E-state index < -0.39 is 34.0 Å². The largest absolute Gasteiger partial charge is 0.451 e. The summed E-state index contributed by atoms with van der Waals surface area (Å²) in [6.07, 6.45) is 3.97. The van der Waals surface area contributed by atoms with E-state index in [-0.39, 0.29) is 9.77 Å². The van der Waals surface area contributed by atoms with E-state index in [9.17, 15) is 23.3 Å². The van der Waals surface area contributed by atoms with E-state index in [4.69, 9.17) is 4.74 Å². The molecule has 30 heavy (non-hydrogen) atoms. The number of carbonyl (C=O) groups excluding carboxylic acids is 2. The van der Waals surface area contributed by atoms with Gasteiger partial charge < -0.3 is 9.64 Å². The number of hydrogen-bond donors (Lipinski definition) is 0. The first-order chi connectivity index (χ1) is 14.3. The molecule has 1 aromatic rings. The Hall–Kier alpha value is -1.61. The van der Waals surface area contributed by atoms with Crippen LogP contribution < -0.4 is 0 Å². The van der Waals surface area contributed by atoms with Crippen LogP contribution in [-0.2, 0) is 19.6 Å². The number of esters is 1. The van der Waals surface area contributed by atoms with Gasteiger partial charge in [-0.25, -0.2) is 13.2 Å². The predicted molar refractivity (Wildman–Crippen MR) is 115 cm³/mol. The maximum absolute atomic E-state index is 12.9. The second kappa shape index (κ2) is 9.68. The minimum absolute atomic E-state index is 0.0312. The Morgan fingerprint density at radius 2 is 1.93 bits per heavy atom. The van der Waals surface area contributed by atoms with Gasteiger partial charge in [-0.05, 0) is 24.3 Å². The summed E-state index contributed by atoms with van der Waals surface area (Å²) in [6.45, 7) is 0.268. The molecular weight excluding hydrogens is 446 g/mol. The number of amides is 1. The van der Waals surface area contributed by atoms with Crippen LogP contribution in [0.3, 0.4) is 0 Å². The highest BCUT2D eigenvalue weighted by Gasteiger charge is 2.39. The molecule has 0 unspecified atom stereocenters. The van der Waals surface area contributed by atoms with Crippen LogP contribution in [0.4, 0.5) is 0 Å². The van der Waals surface area contributed by atoms with Crippen molar-refractivity contribution in [2.45, 2.75) is 42.5 Å². The number of hydrogen-bond acceptors (Lipinski definition) is 8. The third-order valence-corrected chi connectivity index (χ3v) is 9.54. The van der Waals surface area contributed by atoms with Gasteiger partial charge in [0, 0.05) is 31.6 Å². The van der Waals surface area contributed by atoms with Crippen LogP contribution in [0.1, 0.15) is 41.8 Å². The van der Waals surface area contributed by atoms with Crippen molar-refractivity contribution in [1.82, 2.24) is 9.21 Å². The number of nitrogens with zero attached hydrogens (tertiary/aromatic N) is 3. The second-order valence-corrected chi connectivity index (χ2v) is 11.4. The first kappa shape index (κ1) is 23.1. The molecule has 164 valence electrons. The van der Waals surface area contributed by atoms with Gasteiger partial charge in [0.2, 0.25) is 10.0 Å². The second-order valence-electron chi connectivity index (χ2n) is 7.36. The van der Waals surface area contributed by atoms with Crippen molar-refractivity contribution in [3.05, 3.63) is 16.3 Å². The van der Waals surface area contributed by atoms with Gasteiger partial charge in [0.05, 0.1) is 6.07 Å². The van der Waals surface area contributed by atoms with Crippen LogP contribution >= 0.6 is 23.1 Å². The van der Waals surface area contributed by atoms with Crippen molar-refractivity contribution >= 4 is 45.0 Å². The third-order valence-electron chi connectivity index (χ3n) is 5.63. The van der Waals surface area contributed by atoms with E-state index in [2.05, 4.69) is 6.07 Å². The molecule has 0 spiro atoms. The van der Waals surface area contributed by atoms with Crippen molar-refractivity contribution in [1.29, 1.82) is 5.26 Å². The van der Waals surface area contributed by atoms with E-state index in [0.29, 0.717) is 37.4 Å². The summed E-state index contributed by atoms with van der Waals surface area (Å²) in [5.74, 6) is 0.113. The van der Waals surface area contributed by atoms with Crippen molar-refractivity contribution in [3.8, 4) is 6.07 Å². The first-order valence-corrected chi connectivity index (χ1v) is 13.3. The van der Waals surface area contributed by atoms with E-state index in [1.54, 1.807) is 18.8 Å². The van der Waals surface area contributed by atoms with Gasteiger partial charge >= 0.3 is 5.97 Å². The highest BCUT2D eigenvalue weighted by atomic mass is 32.2. The lowest BCUT2D eigenvalue weighted by Gasteiger charge is -2.38. The van der Waals surface area contributed by atoms with Crippen molar-refractivity contribution in [2.24, 2.45) is 0 Å². The SMILES string of the molecule is CN(C(=O)COC(=O)c1sccc1S(=O)(=O)N1CCSCC1)C1(C#N)CCCCC1. The molecule has 1 aromatic heterocycles. The number of carbonyl (C=O) groups is 2. The third kappa shape index (κ3) is 4.66. The molecule has 2 heterocycles. The fourth-order valence-electron chi connectivity index (χ4n) is 3.76. The molecule has 0 atom stereocenters. The Morgan fingerprint density at radius 3 is 2.57 bits per heavy atom. The molecule has 1 saturated heterocycles. The first-order valence-electron chi connectivity index (χ1n) is 9.82. The lowest BCUT2D eigenvalue weighted by molar-refractivity contribution is -0.138. The lowest BCUT2D eigenvalue weighted by atomic mass is 9.81. The summed E-state index contributed by atoms with van der Waals surface area (Å²) < 4.78 is 32.4. The molecule has 11 heteroatoms. The maximum atomic E-state index is 12.9. The average molecular weight is 472 g/mol. The fraction of sp³-hybridized carbons (Fsp3) is 0.632. The van der Waals surface area contributed by atoms with Gasteiger partial charge in [-0.1, -0.05) is 19.3 Å². The van der Waals surface area contributed by atoms with Gasteiger partial charge in [0.15, 0.2) is 6.61 Å². The standard InChI is InChI=1S/C19H25N3O5S3/c1-21(19(14-20)6-3-2-4-7-19)16(23)13-27-18(24)17-15(5-10-29-17)30(25,26)22-8-11-28-12-9-22/h5,10H,2-4,6-9,11-13H2,1H3. The molecule has 0 bridgehead atoms. The Bertz CT molecular complexity index is 925. The number of ether oxygens (including phenoxy) is 1. The lowest BCUT2D eigenvalue weighted by Crippen LogP contribution is -2.51. The smallest absolute Gasteiger partial charge is 0.350 e. The van der Waals surface area contributed by atoms with E-state index >= 15 is 0 Å². The number of likely N-dealkylation sites (N-methyl/N-ethyl adjacent to an activating group) is 1. The van der Waals surface area contributed by atoms with Gasteiger partial charge in [0.1, 0.15) is 15.3 Å². The summed E-state index contributed by atoms with van der Waals surface area (Å²) in [5.41, 5.74) is -0.870. The number of rotatable bonds is 6. The Balaban J connectivity index is 1.67. The summed E-state index contributed by atoms with van der Waals surface area (Å²) in [7, 11) is -2.23. The minimum Gasteiger partial charge on any atom is -0.451 e. The molecule has 2 fully saturated rings. The van der Waals surface area contributed by atoms with Gasteiger partial charge in [0.25, 0.3) is 5.91 Å². The van der Waals surface area contributed by atoms with Crippen LogP contribution in [0.5, 0.6) is 0 Å². The fourth-order valence-corrected chi connectivity index (χ4v) is 7.62. The Labute approximate surface area is 185 Å². The Kier molecular flexibility index (Phi) is 7.44. The quantitative estimate of drug-likeness (QED) is 0.586. The molecule has 0 N–H and O–H groups in total. The van der Waals surface area contributed by atoms with Crippen LogP contribution in [0.25, 0.3) is 0 Å². The highest BCUT2D eigenvalue weighted by molar-refractivity contribution is 7.99. The number of sulfonamides is 1. The summed E-state index contributed by atoms with van der Waals surface area (Å²) in [5, 5.41) is 11.1. The highest BCUT2D eigenvalue weighted by Crippen LogP contribution is 2.32. The molecular formula is C19H25N3O5S3. The monoisotopic (exact) mass is 471 g/mol. The molecule has 2 aliphatic rings. The molecule has 8 nitrogen and oxygen atoms in total. The number of thioether (sulfide) groups is 1. The molecule has 1 saturated carbocycles. The molecule has 0 aromatic carbocycles. The topological polar surface area (TPSA) is 108 Å². The molecule has 1 amide bonds. The molecule has 3 rings (SSSR count). The number of thiophene rings is 1. The van der Waals surface area contributed by atoms with E-state index in [1.807, 2.05) is 0 Å². The van der Waals surface area contributed by atoms with Crippen LogP contribution in [-0.4, -0.2) is 73.3 Å². The summed E-state index contributed by atoms with van der Waals surface area (Å²) in [6, 6.07) is 3.66. The molecule has 1 aliphatic carbocycles. The van der Waals surface area contributed by atoms with Crippen molar-refractivity contribution in [2.75, 3.05) is 38.2 Å². The average Bonchev–Trinajstić information content (AvgIpc) is 3.29. The summed E-state index contributed by atoms with van der Waals surface area (Å²) >= 11 is 2.67. The van der Waals surface area contributed by atoms with Crippen LogP contribution in [0, 0.1) is 11.3 Å². The summed E-state index contributed by atoms with van der Waals surface area (Å²) in [4.78, 5) is 26.4. The van der Waals surface area contributed by atoms with Crippen LogP contribution in [0.2, 0.25) is 0 Å². The zero-order chi connectivity index (χ0) is 21.8. The normalized spacial score (nSPS) is 19.6. The van der Waals surface area contributed by atoms with Crippen LogP contribution in [0.15, 0.2) is 16.3 Å². The Morgan fingerprint density at radius 1 is 1.27 bits per heavy atom. The predicted octanol–water partition coefficient (Wildman–Crippen LogP) is 2.33. The molecule has 1 aliphatic heterocycles. The number of nitriles is 1. The molecule has 0 radical (unpaired) electrons. The van der Waals surface area contributed by atoms with E-state index in [1.165, 1.54) is 20.7 Å².